The first kappa shape index (κ1) is 14.3. The third-order valence-electron chi connectivity index (χ3n) is 1.42. The van der Waals surface area contributed by atoms with Gasteiger partial charge in [0.2, 0.25) is 0 Å². The molecule has 0 aliphatic carbocycles. The van der Waals surface area contributed by atoms with E-state index in [0.29, 0.717) is 0 Å². The molecule has 0 aromatic rings. The summed E-state index contributed by atoms with van der Waals surface area (Å²) in [6.45, 7) is 4.25. The molecule has 0 unspecified atom stereocenters. The molecule has 15 heavy (non-hydrogen) atoms. The monoisotopic (exact) mass is 240 g/mol. The SMILES string of the molecule is CCOS(=O)(=O)O.OCCN1C=NCC1. The Balaban J connectivity index is 0.000000265. The molecule has 7 nitrogen and oxygen atoms in total. The van der Waals surface area contributed by atoms with Crippen molar-refractivity contribution in [2.24, 2.45) is 4.99 Å². The van der Waals surface area contributed by atoms with E-state index in [2.05, 4.69) is 9.18 Å². The number of β-amino-alcohol motifs (C(OH)–C–C–N with tert-alkyl or cyclic N) is 1. The van der Waals surface area contributed by atoms with Gasteiger partial charge in [-0.15, -0.1) is 0 Å². The lowest BCUT2D eigenvalue weighted by atomic mass is 10.5. The average Bonchev–Trinajstić information content (AvgIpc) is 2.56. The average molecular weight is 240 g/mol. The number of aliphatic hydroxyl groups excluding tert-OH is 1. The number of nitrogens with zero attached hydrogens (tertiary/aromatic N) is 2. The van der Waals surface area contributed by atoms with Gasteiger partial charge in [0.25, 0.3) is 0 Å². The van der Waals surface area contributed by atoms with Crippen molar-refractivity contribution in [2.45, 2.75) is 6.92 Å². The van der Waals surface area contributed by atoms with Crippen molar-refractivity contribution >= 4 is 16.7 Å². The number of aliphatic imine (C=N–C) groups is 1. The highest BCUT2D eigenvalue weighted by molar-refractivity contribution is 7.80. The van der Waals surface area contributed by atoms with Crippen LogP contribution in [-0.2, 0) is 14.6 Å². The van der Waals surface area contributed by atoms with Crippen LogP contribution in [0.1, 0.15) is 6.92 Å². The first-order valence-corrected chi connectivity index (χ1v) is 5.82. The van der Waals surface area contributed by atoms with E-state index in [9.17, 15) is 8.42 Å². The number of aliphatic hydroxyl groups is 1. The van der Waals surface area contributed by atoms with Gasteiger partial charge in [0.05, 0.1) is 26.1 Å². The largest absolute Gasteiger partial charge is 0.397 e. The molecule has 0 aromatic carbocycles. The Hall–Kier alpha value is -0.700. The van der Waals surface area contributed by atoms with E-state index < -0.39 is 10.4 Å². The van der Waals surface area contributed by atoms with E-state index in [0.717, 1.165) is 19.6 Å². The van der Waals surface area contributed by atoms with Crippen molar-refractivity contribution in [3.63, 3.8) is 0 Å². The van der Waals surface area contributed by atoms with Gasteiger partial charge in [-0.3, -0.25) is 9.55 Å². The van der Waals surface area contributed by atoms with Crippen molar-refractivity contribution in [1.82, 2.24) is 4.90 Å². The highest BCUT2D eigenvalue weighted by Gasteiger charge is 2.01. The van der Waals surface area contributed by atoms with Crippen LogP contribution in [-0.4, -0.2) is 62.2 Å². The summed E-state index contributed by atoms with van der Waals surface area (Å²) < 4.78 is 30.7. The molecule has 0 aromatic heterocycles. The van der Waals surface area contributed by atoms with Crippen molar-refractivity contribution in [1.29, 1.82) is 0 Å². The van der Waals surface area contributed by atoms with Gasteiger partial charge in [-0.2, -0.15) is 8.42 Å². The molecular formula is C7H16N2O5S. The molecule has 0 radical (unpaired) electrons. The fourth-order valence-corrected chi connectivity index (χ4v) is 1.16. The molecule has 0 atom stereocenters. The van der Waals surface area contributed by atoms with E-state index in [1.807, 2.05) is 4.90 Å². The van der Waals surface area contributed by atoms with Crippen LogP contribution in [0.4, 0.5) is 0 Å². The van der Waals surface area contributed by atoms with Crippen LogP contribution >= 0.6 is 0 Å². The number of rotatable bonds is 4. The zero-order chi connectivity index (χ0) is 11.7. The maximum absolute atomic E-state index is 9.56. The molecule has 0 amide bonds. The third-order valence-corrected chi connectivity index (χ3v) is 1.95. The van der Waals surface area contributed by atoms with Crippen molar-refractivity contribution in [3.8, 4) is 0 Å². The summed E-state index contributed by atoms with van der Waals surface area (Å²) in [5.74, 6) is 0. The molecule has 1 aliphatic rings. The molecule has 0 saturated heterocycles. The van der Waals surface area contributed by atoms with Crippen molar-refractivity contribution in [2.75, 3.05) is 32.8 Å². The van der Waals surface area contributed by atoms with Crippen LogP contribution in [0.15, 0.2) is 4.99 Å². The van der Waals surface area contributed by atoms with Gasteiger partial charge >= 0.3 is 10.4 Å². The maximum atomic E-state index is 9.56. The normalized spacial score (nSPS) is 15.0. The van der Waals surface area contributed by atoms with Gasteiger partial charge < -0.3 is 10.0 Å². The van der Waals surface area contributed by atoms with Crippen LogP contribution in [0, 0.1) is 0 Å². The van der Waals surface area contributed by atoms with E-state index in [1.54, 1.807) is 6.34 Å². The summed E-state index contributed by atoms with van der Waals surface area (Å²) in [5, 5.41) is 8.42. The predicted octanol–water partition coefficient (Wildman–Crippen LogP) is -0.852. The fourth-order valence-electron chi connectivity index (χ4n) is 0.864. The lowest BCUT2D eigenvalue weighted by Crippen LogP contribution is -2.22. The van der Waals surface area contributed by atoms with Crippen LogP contribution in [0.3, 0.4) is 0 Å². The minimum absolute atomic E-state index is 0.0289. The summed E-state index contributed by atoms with van der Waals surface area (Å²) in [6.07, 6.45) is 1.79. The van der Waals surface area contributed by atoms with Crippen molar-refractivity contribution < 1.29 is 22.3 Å². The molecular weight excluding hydrogens is 224 g/mol. The first-order valence-electron chi connectivity index (χ1n) is 4.46. The zero-order valence-corrected chi connectivity index (χ0v) is 9.35. The maximum Gasteiger partial charge on any atom is 0.397 e. The summed E-state index contributed by atoms with van der Waals surface area (Å²) >= 11 is 0. The van der Waals surface area contributed by atoms with E-state index >= 15 is 0 Å². The van der Waals surface area contributed by atoms with Crippen LogP contribution in [0.5, 0.6) is 0 Å². The second-order valence-corrected chi connectivity index (χ2v) is 3.71. The Bertz CT molecular complexity index is 277. The van der Waals surface area contributed by atoms with Gasteiger partial charge in [-0.25, -0.2) is 4.18 Å². The van der Waals surface area contributed by atoms with Crippen LogP contribution in [0.25, 0.3) is 0 Å². The molecule has 1 rings (SSSR count). The number of hydrogen-bond acceptors (Lipinski definition) is 6. The molecule has 1 aliphatic heterocycles. The van der Waals surface area contributed by atoms with Gasteiger partial charge in [-0.05, 0) is 6.92 Å². The first-order chi connectivity index (χ1) is 6.99. The Morgan fingerprint density at radius 2 is 2.27 bits per heavy atom. The fraction of sp³-hybridized carbons (Fsp3) is 0.857. The third kappa shape index (κ3) is 9.60. The molecule has 8 heteroatoms. The van der Waals surface area contributed by atoms with Crippen LogP contribution in [0.2, 0.25) is 0 Å². The molecule has 0 fully saturated rings. The second-order valence-electron chi connectivity index (χ2n) is 2.62. The molecule has 0 saturated carbocycles. The smallest absolute Gasteiger partial charge is 0.395 e. The van der Waals surface area contributed by atoms with Crippen LogP contribution < -0.4 is 0 Å². The Morgan fingerprint density at radius 3 is 2.53 bits per heavy atom. The highest BCUT2D eigenvalue weighted by atomic mass is 32.3. The molecule has 0 spiro atoms. The van der Waals surface area contributed by atoms with Gasteiger partial charge in [0, 0.05) is 13.1 Å². The standard InChI is InChI=1S/C5H10N2O.C2H6O4S/c8-4-3-7-2-1-6-5-7;1-2-6-7(3,4)5/h5,8H,1-4H2;2H2,1H3,(H,3,4,5). The van der Waals surface area contributed by atoms with Gasteiger partial charge in [0.1, 0.15) is 0 Å². The molecule has 1 heterocycles. The summed E-state index contributed by atoms with van der Waals surface area (Å²) in [5.41, 5.74) is 0. The van der Waals surface area contributed by atoms with Crippen molar-refractivity contribution in [3.05, 3.63) is 0 Å². The minimum Gasteiger partial charge on any atom is -0.395 e. The van der Waals surface area contributed by atoms with Gasteiger partial charge in [-0.1, -0.05) is 0 Å². The quantitative estimate of drug-likeness (QED) is 0.621. The summed E-state index contributed by atoms with van der Waals surface area (Å²) in [6, 6.07) is 0. The lowest BCUT2D eigenvalue weighted by molar-refractivity contribution is 0.258. The Morgan fingerprint density at radius 1 is 1.60 bits per heavy atom. The van der Waals surface area contributed by atoms with E-state index in [-0.39, 0.29) is 13.2 Å². The van der Waals surface area contributed by atoms with E-state index in [4.69, 9.17) is 9.66 Å². The predicted molar refractivity (Wildman–Crippen MR) is 55.2 cm³/mol. The Labute approximate surface area is 89.3 Å². The van der Waals surface area contributed by atoms with E-state index in [1.165, 1.54) is 6.92 Å². The molecule has 2 N–H and O–H groups in total. The van der Waals surface area contributed by atoms with Gasteiger partial charge in [0.15, 0.2) is 0 Å². The zero-order valence-electron chi connectivity index (χ0n) is 8.53. The second kappa shape index (κ2) is 7.57. The topological polar surface area (TPSA) is 99.4 Å². The Kier molecular flexibility index (Phi) is 7.22. The molecule has 0 bridgehead atoms. The minimum atomic E-state index is -4.17. The molecule has 90 valence electrons. The summed E-state index contributed by atoms with van der Waals surface area (Å²) in [7, 11) is -4.17. The summed E-state index contributed by atoms with van der Waals surface area (Å²) in [4.78, 5) is 5.97. The highest BCUT2D eigenvalue weighted by Crippen LogP contribution is 1.89. The lowest BCUT2D eigenvalue weighted by Gasteiger charge is -2.09. The number of hydrogen-bond donors (Lipinski definition) is 2.